The molecule has 2 heterocycles. The Labute approximate surface area is 177 Å². The van der Waals surface area contributed by atoms with Crippen molar-refractivity contribution in [1.82, 2.24) is 9.62 Å². The number of nitrogens with zero attached hydrogens (tertiary/aromatic N) is 1. The first-order valence-corrected chi connectivity index (χ1v) is 13.3. The summed E-state index contributed by atoms with van der Waals surface area (Å²) in [5.74, 6) is 1.70. The van der Waals surface area contributed by atoms with E-state index in [-0.39, 0.29) is 21.5 Å². The van der Waals surface area contributed by atoms with Gasteiger partial charge in [0, 0.05) is 36.0 Å². The first-order chi connectivity index (χ1) is 13.5. The van der Waals surface area contributed by atoms with Crippen molar-refractivity contribution < 1.29 is 17.6 Å². The van der Waals surface area contributed by atoms with Crippen molar-refractivity contribution >= 4 is 50.8 Å². The molecule has 0 radical (unpaired) electrons. The van der Waals surface area contributed by atoms with Crippen molar-refractivity contribution in [3.63, 3.8) is 0 Å². The fraction of sp³-hybridized carbons (Fsp3) is 0.389. The Morgan fingerprint density at radius 1 is 1.18 bits per heavy atom. The summed E-state index contributed by atoms with van der Waals surface area (Å²) in [6.07, 6.45) is 0.727. The summed E-state index contributed by atoms with van der Waals surface area (Å²) < 4.78 is 40.0. The lowest BCUT2D eigenvalue weighted by atomic mass is 10.4. The predicted molar refractivity (Wildman–Crippen MR) is 114 cm³/mol. The van der Waals surface area contributed by atoms with Gasteiger partial charge in [-0.05, 0) is 47.9 Å². The third-order valence-electron chi connectivity index (χ3n) is 4.11. The van der Waals surface area contributed by atoms with Crippen LogP contribution in [0, 0.1) is 5.82 Å². The van der Waals surface area contributed by atoms with Crippen molar-refractivity contribution in [3.05, 3.63) is 46.4 Å². The van der Waals surface area contributed by atoms with Crippen LogP contribution in [0.25, 0.3) is 0 Å². The number of carbonyl (C=O) groups is 1. The minimum atomic E-state index is -3.63. The molecule has 0 aliphatic carbocycles. The lowest BCUT2D eigenvalue weighted by molar-refractivity contribution is 0.0954. The van der Waals surface area contributed by atoms with E-state index in [1.165, 1.54) is 22.5 Å². The zero-order chi connectivity index (χ0) is 20.0. The predicted octanol–water partition coefficient (Wildman–Crippen LogP) is 3.54. The molecule has 1 fully saturated rings. The first kappa shape index (κ1) is 21.6. The van der Waals surface area contributed by atoms with Gasteiger partial charge < -0.3 is 5.32 Å². The molecule has 1 aromatic heterocycles. The molecule has 1 aliphatic heterocycles. The summed E-state index contributed by atoms with van der Waals surface area (Å²) >= 11 is 4.47. The number of sulfonamides is 1. The number of hydrogen-bond donors (Lipinski definition) is 1. The zero-order valence-corrected chi connectivity index (χ0v) is 18.4. The number of benzene rings is 1. The molecule has 1 aliphatic rings. The summed E-state index contributed by atoms with van der Waals surface area (Å²) in [4.78, 5) is 13.8. The number of carbonyl (C=O) groups excluding carboxylic acids is 1. The fourth-order valence-corrected chi connectivity index (χ4v) is 7.41. The van der Waals surface area contributed by atoms with Crippen LogP contribution in [0.1, 0.15) is 16.1 Å². The van der Waals surface area contributed by atoms with E-state index in [1.807, 2.05) is 0 Å². The Morgan fingerprint density at radius 3 is 2.61 bits per heavy atom. The summed E-state index contributed by atoms with van der Waals surface area (Å²) in [5.41, 5.74) is 0. The van der Waals surface area contributed by atoms with E-state index >= 15 is 0 Å². The highest BCUT2D eigenvalue weighted by Gasteiger charge is 2.31. The molecule has 2 aromatic rings. The van der Waals surface area contributed by atoms with E-state index in [4.69, 9.17) is 0 Å². The second kappa shape index (κ2) is 10.1. The maximum atomic E-state index is 12.9. The van der Waals surface area contributed by atoms with Gasteiger partial charge in [-0.2, -0.15) is 16.1 Å². The molecule has 0 saturated carbocycles. The number of rotatable bonds is 8. The molecule has 1 amide bonds. The van der Waals surface area contributed by atoms with E-state index in [0.29, 0.717) is 19.6 Å². The van der Waals surface area contributed by atoms with E-state index in [2.05, 4.69) is 5.32 Å². The largest absolute Gasteiger partial charge is 0.351 e. The average Bonchev–Trinajstić information content (AvgIpc) is 3.21. The van der Waals surface area contributed by atoms with Crippen molar-refractivity contribution in [2.75, 3.05) is 36.9 Å². The molecule has 0 atom stereocenters. The fourth-order valence-electron chi connectivity index (χ4n) is 2.67. The lowest BCUT2D eigenvalue weighted by Crippen LogP contribution is -2.38. The summed E-state index contributed by atoms with van der Waals surface area (Å²) in [6.45, 7) is 1.40. The number of amides is 1. The van der Waals surface area contributed by atoms with Gasteiger partial charge in [-0.15, -0.1) is 23.1 Å². The standard InChI is InChI=1S/C18H21FN2O3S4/c19-14-2-4-15(5-3-14)26-10-1-7-20-18(22)17-16(6-11-27-17)28(23,24)21-8-12-25-13-9-21/h2-6,11H,1,7-10,12-13H2,(H,20,22). The van der Waals surface area contributed by atoms with Gasteiger partial charge in [-0.1, -0.05) is 0 Å². The third kappa shape index (κ3) is 5.50. The van der Waals surface area contributed by atoms with Crippen LogP contribution >= 0.6 is 34.9 Å². The number of nitrogens with one attached hydrogen (secondary N) is 1. The SMILES string of the molecule is O=C(NCCCSc1ccc(F)cc1)c1sccc1S(=O)(=O)N1CCSCC1. The molecule has 152 valence electrons. The Kier molecular flexibility index (Phi) is 7.81. The quantitative estimate of drug-likeness (QED) is 0.482. The van der Waals surface area contributed by atoms with Gasteiger partial charge in [-0.3, -0.25) is 4.79 Å². The van der Waals surface area contributed by atoms with E-state index in [1.54, 1.807) is 41.0 Å². The van der Waals surface area contributed by atoms with E-state index in [9.17, 15) is 17.6 Å². The van der Waals surface area contributed by atoms with E-state index in [0.717, 1.165) is 39.9 Å². The Balaban J connectivity index is 1.51. The molecule has 0 unspecified atom stereocenters. The summed E-state index contributed by atoms with van der Waals surface area (Å²) in [5, 5.41) is 4.45. The molecule has 1 saturated heterocycles. The highest BCUT2D eigenvalue weighted by molar-refractivity contribution is 7.99. The van der Waals surface area contributed by atoms with Gasteiger partial charge in [-0.25, -0.2) is 12.8 Å². The van der Waals surface area contributed by atoms with Crippen LogP contribution < -0.4 is 5.32 Å². The third-order valence-corrected chi connectivity index (χ3v) is 9.14. The minimum Gasteiger partial charge on any atom is -0.351 e. The van der Waals surface area contributed by atoms with Crippen molar-refractivity contribution in [3.8, 4) is 0 Å². The average molecular weight is 461 g/mol. The maximum Gasteiger partial charge on any atom is 0.262 e. The van der Waals surface area contributed by atoms with Crippen LogP contribution in [0.15, 0.2) is 45.5 Å². The van der Waals surface area contributed by atoms with Gasteiger partial charge in [0.15, 0.2) is 0 Å². The van der Waals surface area contributed by atoms with Crippen molar-refractivity contribution in [2.45, 2.75) is 16.2 Å². The topological polar surface area (TPSA) is 66.5 Å². The number of halogens is 1. The number of hydrogen-bond acceptors (Lipinski definition) is 6. The molecule has 0 spiro atoms. The molecule has 1 aromatic carbocycles. The van der Waals surface area contributed by atoms with Gasteiger partial charge in [0.1, 0.15) is 15.6 Å². The molecular weight excluding hydrogens is 439 g/mol. The summed E-state index contributed by atoms with van der Waals surface area (Å²) in [7, 11) is -3.63. The first-order valence-electron chi connectivity index (χ1n) is 8.80. The van der Waals surface area contributed by atoms with Gasteiger partial charge >= 0.3 is 0 Å². The van der Waals surface area contributed by atoms with Crippen LogP contribution in [-0.2, 0) is 10.0 Å². The van der Waals surface area contributed by atoms with Gasteiger partial charge in [0.2, 0.25) is 10.0 Å². The zero-order valence-electron chi connectivity index (χ0n) is 15.1. The molecule has 0 bridgehead atoms. The highest BCUT2D eigenvalue weighted by atomic mass is 32.2. The van der Waals surface area contributed by atoms with Crippen molar-refractivity contribution in [2.24, 2.45) is 0 Å². The molecule has 3 rings (SSSR count). The van der Waals surface area contributed by atoms with Crippen LogP contribution in [0.5, 0.6) is 0 Å². The second-order valence-electron chi connectivity index (χ2n) is 6.04. The van der Waals surface area contributed by atoms with Crippen LogP contribution in [0.3, 0.4) is 0 Å². The monoisotopic (exact) mass is 460 g/mol. The second-order valence-corrected chi connectivity index (χ2v) is 11.3. The molecule has 10 heteroatoms. The van der Waals surface area contributed by atoms with Gasteiger partial charge in [0.05, 0.1) is 0 Å². The molecular formula is C18H21FN2O3S4. The Morgan fingerprint density at radius 2 is 1.89 bits per heavy atom. The lowest BCUT2D eigenvalue weighted by Gasteiger charge is -2.25. The smallest absolute Gasteiger partial charge is 0.262 e. The Bertz CT molecular complexity index is 894. The number of thioether (sulfide) groups is 2. The molecule has 28 heavy (non-hydrogen) atoms. The van der Waals surface area contributed by atoms with Crippen LogP contribution in [-0.4, -0.2) is 55.5 Å². The molecule has 1 N–H and O–H groups in total. The minimum absolute atomic E-state index is 0.0996. The summed E-state index contributed by atoms with van der Waals surface area (Å²) in [6, 6.07) is 7.80. The van der Waals surface area contributed by atoms with Gasteiger partial charge in [0.25, 0.3) is 5.91 Å². The van der Waals surface area contributed by atoms with Crippen LogP contribution in [0.2, 0.25) is 0 Å². The molecule has 5 nitrogen and oxygen atoms in total. The van der Waals surface area contributed by atoms with Crippen molar-refractivity contribution in [1.29, 1.82) is 0 Å². The van der Waals surface area contributed by atoms with Crippen LogP contribution in [0.4, 0.5) is 4.39 Å². The normalized spacial score (nSPS) is 15.5. The number of thiophene rings is 1. The van der Waals surface area contributed by atoms with E-state index < -0.39 is 10.0 Å². The Hall–Kier alpha value is -1.07. The maximum absolute atomic E-state index is 12.9. The highest BCUT2D eigenvalue weighted by Crippen LogP contribution is 2.27.